The van der Waals surface area contributed by atoms with E-state index in [1.165, 1.54) is 12.1 Å². The lowest BCUT2D eigenvalue weighted by Crippen LogP contribution is -2.32. The van der Waals surface area contributed by atoms with E-state index in [2.05, 4.69) is 0 Å². The van der Waals surface area contributed by atoms with Crippen LogP contribution in [0.4, 0.5) is 4.39 Å². The van der Waals surface area contributed by atoms with Crippen LogP contribution in [-0.4, -0.2) is 19.0 Å². The molecule has 0 unspecified atom stereocenters. The number of ether oxygens (including phenoxy) is 1. The highest BCUT2D eigenvalue weighted by atomic mass is 19.1. The van der Waals surface area contributed by atoms with Gasteiger partial charge in [0.1, 0.15) is 11.6 Å². The molecule has 1 saturated heterocycles. The molecular weight excluding hydrogens is 243 g/mol. The van der Waals surface area contributed by atoms with Crippen LogP contribution in [0.25, 0.3) is 0 Å². The number of halogens is 1. The van der Waals surface area contributed by atoms with Crippen LogP contribution in [0.1, 0.15) is 38.7 Å². The van der Waals surface area contributed by atoms with E-state index in [-0.39, 0.29) is 11.6 Å². The summed E-state index contributed by atoms with van der Waals surface area (Å²) in [6.07, 6.45) is 2.52. The Bertz CT molecular complexity index is 431. The van der Waals surface area contributed by atoms with Gasteiger partial charge in [-0.3, -0.25) is 4.79 Å². The molecule has 1 aliphatic rings. The molecule has 1 aromatic rings. The highest BCUT2D eigenvalue weighted by molar-refractivity contribution is 5.89. The molecule has 0 N–H and O–H groups in total. The highest BCUT2D eigenvalue weighted by Crippen LogP contribution is 2.29. The van der Waals surface area contributed by atoms with Crippen LogP contribution in [0.3, 0.4) is 0 Å². The molecule has 0 aliphatic carbocycles. The fourth-order valence-corrected chi connectivity index (χ4v) is 2.50. The average molecular weight is 264 g/mol. The van der Waals surface area contributed by atoms with Gasteiger partial charge >= 0.3 is 0 Å². The van der Waals surface area contributed by atoms with E-state index in [1.54, 1.807) is 12.1 Å². The average Bonchev–Trinajstić information content (AvgIpc) is 2.40. The lowest BCUT2D eigenvalue weighted by atomic mass is 9.76. The summed E-state index contributed by atoms with van der Waals surface area (Å²) in [6, 6.07) is 6.24. The van der Waals surface area contributed by atoms with Crippen LogP contribution in [0.2, 0.25) is 0 Å². The molecule has 2 nitrogen and oxygen atoms in total. The number of hydrogen-bond acceptors (Lipinski definition) is 2. The van der Waals surface area contributed by atoms with Gasteiger partial charge in [0.25, 0.3) is 0 Å². The predicted octanol–water partition coefficient (Wildman–Crippen LogP) is 3.49. The van der Waals surface area contributed by atoms with Crippen molar-refractivity contribution >= 4 is 5.78 Å². The Hall–Kier alpha value is -1.22. The van der Waals surface area contributed by atoms with E-state index in [9.17, 15) is 9.18 Å². The Morgan fingerprint density at radius 2 is 1.84 bits per heavy atom. The molecule has 0 saturated carbocycles. The van der Waals surface area contributed by atoms with E-state index in [4.69, 9.17) is 4.74 Å². The summed E-state index contributed by atoms with van der Waals surface area (Å²) in [5, 5.41) is 0. The van der Waals surface area contributed by atoms with Crippen LogP contribution < -0.4 is 0 Å². The molecule has 19 heavy (non-hydrogen) atoms. The first-order chi connectivity index (χ1) is 9.00. The van der Waals surface area contributed by atoms with Crippen molar-refractivity contribution in [2.45, 2.75) is 38.5 Å². The number of Topliss-reactive ketones (excluding diaryl/α,β-unsaturated/α-hetero) is 1. The van der Waals surface area contributed by atoms with Crippen LogP contribution in [0.5, 0.6) is 0 Å². The minimum Gasteiger partial charge on any atom is -0.381 e. The third kappa shape index (κ3) is 3.41. The van der Waals surface area contributed by atoms with Gasteiger partial charge < -0.3 is 4.74 Å². The van der Waals surface area contributed by atoms with E-state index in [0.29, 0.717) is 12.3 Å². The van der Waals surface area contributed by atoms with Crippen molar-refractivity contribution in [2.24, 2.45) is 5.92 Å². The molecule has 0 aromatic heterocycles. The number of ketones is 1. The zero-order valence-electron chi connectivity index (χ0n) is 11.6. The van der Waals surface area contributed by atoms with Gasteiger partial charge in [-0.05, 0) is 50.3 Å². The molecule has 0 amide bonds. The molecule has 0 spiro atoms. The lowest BCUT2D eigenvalue weighted by molar-refractivity contribution is -0.125. The maximum Gasteiger partial charge on any atom is 0.143 e. The normalized spacial score (nSPS) is 17.4. The fourth-order valence-electron chi connectivity index (χ4n) is 2.50. The smallest absolute Gasteiger partial charge is 0.143 e. The number of benzene rings is 1. The van der Waals surface area contributed by atoms with E-state index in [1.807, 2.05) is 13.8 Å². The van der Waals surface area contributed by atoms with Crippen molar-refractivity contribution in [3.8, 4) is 0 Å². The van der Waals surface area contributed by atoms with Gasteiger partial charge in [-0.2, -0.15) is 0 Å². The summed E-state index contributed by atoms with van der Waals surface area (Å²) in [7, 11) is 0. The molecule has 3 heteroatoms. The third-order valence-electron chi connectivity index (χ3n) is 4.08. The second kappa shape index (κ2) is 5.83. The predicted molar refractivity (Wildman–Crippen MR) is 72.6 cm³/mol. The second-order valence-corrected chi connectivity index (χ2v) is 5.81. The number of carbonyl (C=O) groups excluding carboxylic acids is 1. The number of hydrogen-bond donors (Lipinski definition) is 0. The minimum absolute atomic E-state index is 0.228. The molecule has 1 aliphatic heterocycles. The number of rotatable bonds is 4. The topological polar surface area (TPSA) is 26.3 Å². The molecule has 104 valence electrons. The monoisotopic (exact) mass is 264 g/mol. The Labute approximate surface area is 114 Å². The molecule has 1 heterocycles. The first-order valence-corrected chi connectivity index (χ1v) is 6.87. The second-order valence-electron chi connectivity index (χ2n) is 5.81. The summed E-state index contributed by atoms with van der Waals surface area (Å²) in [5.41, 5.74) is 0.331. The maximum absolute atomic E-state index is 12.9. The largest absolute Gasteiger partial charge is 0.381 e. The van der Waals surface area contributed by atoms with Gasteiger partial charge in [0.05, 0.1) is 0 Å². The Balaban J connectivity index is 2.05. The quantitative estimate of drug-likeness (QED) is 0.832. The summed E-state index contributed by atoms with van der Waals surface area (Å²) < 4.78 is 18.3. The van der Waals surface area contributed by atoms with Gasteiger partial charge in [-0.25, -0.2) is 4.39 Å². The van der Waals surface area contributed by atoms with Crippen molar-refractivity contribution in [2.75, 3.05) is 13.2 Å². The molecular formula is C16H21FO2. The standard InChI is InChI=1S/C16H21FO2/c1-16(2,13-3-5-14(17)6-4-13)15(18)11-12-7-9-19-10-8-12/h3-6,12H,7-11H2,1-2H3. The summed E-state index contributed by atoms with van der Waals surface area (Å²) >= 11 is 0. The van der Waals surface area contributed by atoms with Crippen LogP contribution in [-0.2, 0) is 14.9 Å². The zero-order chi connectivity index (χ0) is 13.9. The summed E-state index contributed by atoms with van der Waals surface area (Å²) in [4.78, 5) is 12.5. The molecule has 1 aromatic carbocycles. The Morgan fingerprint density at radius 1 is 1.26 bits per heavy atom. The van der Waals surface area contributed by atoms with Gasteiger partial charge in [-0.15, -0.1) is 0 Å². The van der Waals surface area contributed by atoms with Crippen LogP contribution in [0, 0.1) is 11.7 Å². The van der Waals surface area contributed by atoms with Gasteiger partial charge in [0.15, 0.2) is 0 Å². The number of carbonyl (C=O) groups is 1. The first kappa shape index (κ1) is 14.2. The summed E-state index contributed by atoms with van der Waals surface area (Å²) in [5.74, 6) is 0.392. The van der Waals surface area contributed by atoms with Crippen molar-refractivity contribution in [3.63, 3.8) is 0 Å². The molecule has 0 radical (unpaired) electrons. The van der Waals surface area contributed by atoms with Gasteiger partial charge in [-0.1, -0.05) is 12.1 Å². The fraction of sp³-hybridized carbons (Fsp3) is 0.562. The van der Waals surface area contributed by atoms with Gasteiger partial charge in [0, 0.05) is 25.0 Å². The molecule has 1 fully saturated rings. The van der Waals surface area contributed by atoms with Crippen LogP contribution in [0.15, 0.2) is 24.3 Å². The van der Waals surface area contributed by atoms with Crippen LogP contribution >= 0.6 is 0 Å². The van der Waals surface area contributed by atoms with Crippen molar-refractivity contribution in [1.29, 1.82) is 0 Å². The lowest BCUT2D eigenvalue weighted by Gasteiger charge is -2.28. The van der Waals surface area contributed by atoms with E-state index >= 15 is 0 Å². The SMILES string of the molecule is CC(C)(C(=O)CC1CCOCC1)c1ccc(F)cc1. The van der Waals surface area contributed by atoms with Crippen molar-refractivity contribution in [3.05, 3.63) is 35.6 Å². The zero-order valence-corrected chi connectivity index (χ0v) is 11.6. The maximum atomic E-state index is 12.9. The minimum atomic E-state index is -0.550. The van der Waals surface area contributed by atoms with E-state index < -0.39 is 5.41 Å². The Morgan fingerprint density at radius 3 is 2.42 bits per heavy atom. The Kier molecular flexibility index (Phi) is 4.35. The molecule has 2 rings (SSSR count). The molecule has 0 atom stereocenters. The first-order valence-electron chi connectivity index (χ1n) is 6.87. The van der Waals surface area contributed by atoms with Crippen molar-refractivity contribution in [1.82, 2.24) is 0 Å². The third-order valence-corrected chi connectivity index (χ3v) is 4.08. The van der Waals surface area contributed by atoms with E-state index in [0.717, 1.165) is 31.6 Å². The van der Waals surface area contributed by atoms with Crippen molar-refractivity contribution < 1.29 is 13.9 Å². The summed E-state index contributed by atoms with van der Waals surface area (Å²) in [6.45, 7) is 5.35. The van der Waals surface area contributed by atoms with Gasteiger partial charge in [0.2, 0.25) is 0 Å². The molecule has 0 bridgehead atoms. The highest BCUT2D eigenvalue weighted by Gasteiger charge is 2.31.